The number of fused-ring (bicyclic) bond motifs is 3. The summed E-state index contributed by atoms with van der Waals surface area (Å²) in [6, 6.07) is 4.13. The van der Waals surface area contributed by atoms with Gasteiger partial charge in [-0.15, -0.1) is 0 Å². The van der Waals surface area contributed by atoms with Gasteiger partial charge in [0, 0.05) is 0 Å². The molecule has 2 atom stereocenters. The second-order valence-corrected chi connectivity index (χ2v) is 8.01. The van der Waals surface area contributed by atoms with Gasteiger partial charge in [0.2, 0.25) is 0 Å². The Balaban J connectivity index is 2.18. The largest absolute Gasteiger partial charge is 0.496 e. The van der Waals surface area contributed by atoms with Crippen LogP contribution in [-0.2, 0) is 16.6 Å². The van der Waals surface area contributed by atoms with Crippen molar-refractivity contribution in [1.82, 2.24) is 0 Å². The van der Waals surface area contributed by atoms with E-state index in [9.17, 15) is 4.79 Å². The average Bonchev–Trinajstić information content (AvgIpc) is 2.52. The first-order chi connectivity index (χ1) is 10.8. The summed E-state index contributed by atoms with van der Waals surface area (Å²) < 4.78 is 10.5. The van der Waals surface area contributed by atoms with E-state index in [1.807, 2.05) is 6.07 Å². The standard InChI is InChI=1S/C20H28O3/c1-19(2)11-6-12-20(3)14-8-9-15(22-4)17(18(21)23-5)13(14)7-10-16(19)20/h8-9,16H,6-7,10-12H2,1-5H3/t16-,20+/m0/s1. The number of rotatable bonds is 2. The molecule has 1 aromatic rings. The Bertz CT molecular complexity index is 632. The zero-order valence-electron chi connectivity index (χ0n) is 15.0. The topological polar surface area (TPSA) is 35.5 Å². The van der Waals surface area contributed by atoms with Crippen molar-refractivity contribution in [2.24, 2.45) is 11.3 Å². The Labute approximate surface area is 139 Å². The Morgan fingerprint density at radius 2 is 1.91 bits per heavy atom. The van der Waals surface area contributed by atoms with Crippen molar-refractivity contribution in [1.29, 1.82) is 0 Å². The van der Waals surface area contributed by atoms with E-state index in [1.165, 1.54) is 31.9 Å². The van der Waals surface area contributed by atoms with E-state index in [2.05, 4.69) is 26.8 Å². The van der Waals surface area contributed by atoms with Gasteiger partial charge >= 0.3 is 5.97 Å². The quantitative estimate of drug-likeness (QED) is 0.753. The zero-order valence-corrected chi connectivity index (χ0v) is 15.0. The van der Waals surface area contributed by atoms with Crippen molar-refractivity contribution in [3.8, 4) is 5.75 Å². The van der Waals surface area contributed by atoms with Crippen LogP contribution < -0.4 is 4.74 Å². The van der Waals surface area contributed by atoms with E-state index in [0.717, 1.165) is 18.4 Å². The van der Waals surface area contributed by atoms with Gasteiger partial charge in [0.1, 0.15) is 11.3 Å². The van der Waals surface area contributed by atoms with Crippen LogP contribution in [0, 0.1) is 11.3 Å². The Hall–Kier alpha value is -1.51. The normalized spacial score (nSPS) is 28.5. The zero-order chi connectivity index (χ0) is 16.8. The van der Waals surface area contributed by atoms with Gasteiger partial charge in [-0.2, -0.15) is 0 Å². The van der Waals surface area contributed by atoms with Crippen molar-refractivity contribution in [3.63, 3.8) is 0 Å². The molecule has 0 aromatic heterocycles. The molecular weight excluding hydrogens is 288 g/mol. The molecule has 0 spiro atoms. The summed E-state index contributed by atoms with van der Waals surface area (Å²) in [6.07, 6.45) is 5.80. The van der Waals surface area contributed by atoms with Crippen molar-refractivity contribution in [2.45, 2.75) is 58.3 Å². The molecule has 1 saturated carbocycles. The summed E-state index contributed by atoms with van der Waals surface area (Å²) in [5.74, 6) is 1.01. The summed E-state index contributed by atoms with van der Waals surface area (Å²) in [4.78, 5) is 12.4. The summed E-state index contributed by atoms with van der Waals surface area (Å²) in [5.41, 5.74) is 3.62. The minimum absolute atomic E-state index is 0.143. The van der Waals surface area contributed by atoms with E-state index >= 15 is 0 Å². The van der Waals surface area contributed by atoms with Crippen LogP contribution in [0.5, 0.6) is 5.75 Å². The predicted molar refractivity (Wildman–Crippen MR) is 91.1 cm³/mol. The van der Waals surface area contributed by atoms with Crippen molar-refractivity contribution < 1.29 is 14.3 Å². The molecule has 0 aliphatic heterocycles. The fourth-order valence-electron chi connectivity index (χ4n) is 5.36. The number of carbonyl (C=O) groups is 1. The number of hydrogen-bond donors (Lipinski definition) is 0. The molecule has 0 heterocycles. The number of ether oxygens (including phenoxy) is 2. The summed E-state index contributed by atoms with van der Waals surface area (Å²) >= 11 is 0. The lowest BCUT2D eigenvalue weighted by Crippen LogP contribution is -2.48. The molecule has 3 rings (SSSR count). The Kier molecular flexibility index (Phi) is 3.94. The van der Waals surface area contributed by atoms with Crippen LogP contribution in [0.25, 0.3) is 0 Å². The monoisotopic (exact) mass is 316 g/mol. The first kappa shape index (κ1) is 16.4. The third-order valence-electron chi connectivity index (χ3n) is 6.41. The van der Waals surface area contributed by atoms with Crippen LogP contribution in [-0.4, -0.2) is 20.2 Å². The lowest BCUT2D eigenvalue weighted by atomic mass is 9.50. The molecule has 126 valence electrons. The fraction of sp³-hybridized carbons (Fsp3) is 0.650. The number of carbonyl (C=O) groups excluding carboxylic acids is 1. The van der Waals surface area contributed by atoms with E-state index in [-0.39, 0.29) is 11.4 Å². The summed E-state index contributed by atoms with van der Waals surface area (Å²) in [7, 11) is 3.06. The lowest BCUT2D eigenvalue weighted by molar-refractivity contribution is 0.0399. The van der Waals surface area contributed by atoms with Gasteiger partial charge < -0.3 is 9.47 Å². The van der Waals surface area contributed by atoms with Gasteiger partial charge in [-0.1, -0.05) is 33.3 Å². The first-order valence-corrected chi connectivity index (χ1v) is 8.64. The van der Waals surface area contributed by atoms with E-state index in [4.69, 9.17) is 9.47 Å². The number of hydrogen-bond acceptors (Lipinski definition) is 3. The Morgan fingerprint density at radius 1 is 1.17 bits per heavy atom. The fourth-order valence-corrected chi connectivity index (χ4v) is 5.36. The number of methoxy groups -OCH3 is 2. The van der Waals surface area contributed by atoms with Gasteiger partial charge in [-0.05, 0) is 59.6 Å². The van der Waals surface area contributed by atoms with Gasteiger partial charge in [-0.3, -0.25) is 0 Å². The van der Waals surface area contributed by atoms with E-state index < -0.39 is 0 Å². The maximum Gasteiger partial charge on any atom is 0.341 e. The van der Waals surface area contributed by atoms with Gasteiger partial charge in [0.15, 0.2) is 0 Å². The van der Waals surface area contributed by atoms with Gasteiger partial charge in [0.25, 0.3) is 0 Å². The van der Waals surface area contributed by atoms with Crippen LogP contribution in [0.4, 0.5) is 0 Å². The van der Waals surface area contributed by atoms with Crippen LogP contribution >= 0.6 is 0 Å². The van der Waals surface area contributed by atoms with Crippen molar-refractivity contribution >= 4 is 5.97 Å². The minimum atomic E-state index is -0.282. The molecule has 0 radical (unpaired) electrons. The van der Waals surface area contributed by atoms with Crippen LogP contribution in [0.15, 0.2) is 12.1 Å². The molecule has 0 saturated heterocycles. The van der Waals surface area contributed by atoms with Crippen molar-refractivity contribution in [2.75, 3.05) is 14.2 Å². The predicted octanol–water partition coefficient (Wildman–Crippen LogP) is 4.51. The molecule has 1 fully saturated rings. The molecule has 0 N–H and O–H groups in total. The van der Waals surface area contributed by atoms with Gasteiger partial charge in [0.05, 0.1) is 14.2 Å². The lowest BCUT2D eigenvalue weighted by Gasteiger charge is -2.54. The SMILES string of the molecule is COC(=O)c1c(OC)ccc2c1CC[C@H]1C(C)(C)CCC[C@]21C. The smallest absolute Gasteiger partial charge is 0.341 e. The van der Waals surface area contributed by atoms with E-state index in [1.54, 1.807) is 7.11 Å². The first-order valence-electron chi connectivity index (χ1n) is 8.64. The molecule has 3 nitrogen and oxygen atoms in total. The Morgan fingerprint density at radius 3 is 2.57 bits per heavy atom. The summed E-state index contributed by atoms with van der Waals surface area (Å²) in [6.45, 7) is 7.21. The van der Waals surface area contributed by atoms with Gasteiger partial charge in [-0.25, -0.2) is 4.79 Å². The molecule has 0 amide bonds. The molecule has 0 bridgehead atoms. The van der Waals surface area contributed by atoms with Crippen molar-refractivity contribution in [3.05, 3.63) is 28.8 Å². The third-order valence-corrected chi connectivity index (χ3v) is 6.41. The average molecular weight is 316 g/mol. The second-order valence-electron chi connectivity index (χ2n) is 8.01. The summed E-state index contributed by atoms with van der Waals surface area (Å²) in [5, 5.41) is 0. The third kappa shape index (κ3) is 2.36. The number of benzene rings is 1. The molecule has 23 heavy (non-hydrogen) atoms. The molecular formula is C20H28O3. The highest BCUT2D eigenvalue weighted by Crippen LogP contribution is 2.57. The van der Waals surface area contributed by atoms with E-state index in [0.29, 0.717) is 22.6 Å². The minimum Gasteiger partial charge on any atom is -0.496 e. The second kappa shape index (κ2) is 5.54. The highest BCUT2D eigenvalue weighted by molar-refractivity contribution is 5.95. The maximum absolute atomic E-state index is 12.4. The van der Waals surface area contributed by atoms with Crippen LogP contribution in [0.2, 0.25) is 0 Å². The van der Waals surface area contributed by atoms with Crippen LogP contribution in [0.3, 0.4) is 0 Å². The molecule has 0 unspecified atom stereocenters. The molecule has 2 aliphatic rings. The molecule has 1 aromatic carbocycles. The highest BCUT2D eigenvalue weighted by Gasteiger charge is 2.50. The molecule has 3 heteroatoms. The van der Waals surface area contributed by atoms with Crippen LogP contribution in [0.1, 0.15) is 67.9 Å². The maximum atomic E-state index is 12.4. The molecule has 2 aliphatic carbocycles. The number of esters is 1. The highest BCUT2D eigenvalue weighted by atomic mass is 16.5.